The number of benzene rings is 2. The molecule has 0 saturated heterocycles. The Morgan fingerprint density at radius 3 is 2.52 bits per heavy atom. The third-order valence-corrected chi connectivity index (χ3v) is 5.17. The van der Waals surface area contributed by atoms with Crippen molar-refractivity contribution in [3.05, 3.63) is 60.3 Å². The number of para-hydroxylation sites is 2. The van der Waals surface area contributed by atoms with Crippen molar-refractivity contribution >= 4 is 32.3 Å². The van der Waals surface area contributed by atoms with Crippen LogP contribution in [0.3, 0.4) is 0 Å². The highest BCUT2D eigenvalue weighted by Gasteiger charge is 2.29. The Morgan fingerprint density at radius 2 is 1.76 bits per heavy atom. The standard InChI is InChI=1S/C17H14F2N2O3S/c18-17(19)25(23,24)15-8-4-3-7-14(15)21-16(22)9-11-10-20-13-6-2-1-5-12(11)13/h1-8,10,17,20H,9H2,(H,21,22). The van der Waals surface area contributed by atoms with Crippen molar-refractivity contribution in [3.8, 4) is 0 Å². The maximum atomic E-state index is 12.8. The van der Waals surface area contributed by atoms with Crippen LogP contribution in [0.15, 0.2) is 59.6 Å². The molecule has 8 heteroatoms. The van der Waals surface area contributed by atoms with Gasteiger partial charge >= 0.3 is 5.76 Å². The molecule has 2 N–H and O–H groups in total. The molecule has 0 spiro atoms. The summed E-state index contributed by atoms with van der Waals surface area (Å²) in [5, 5.41) is 3.28. The number of alkyl halides is 2. The fraction of sp³-hybridized carbons (Fsp3) is 0.118. The van der Waals surface area contributed by atoms with Gasteiger partial charge in [0.05, 0.1) is 17.0 Å². The van der Waals surface area contributed by atoms with Crippen LogP contribution >= 0.6 is 0 Å². The molecule has 5 nitrogen and oxygen atoms in total. The van der Waals surface area contributed by atoms with Gasteiger partial charge in [0.15, 0.2) is 0 Å². The number of halogens is 2. The minimum absolute atomic E-state index is 0.0208. The number of H-pyrrole nitrogens is 1. The smallest absolute Gasteiger partial charge is 0.341 e. The first-order valence-corrected chi connectivity index (χ1v) is 8.90. The largest absolute Gasteiger partial charge is 0.361 e. The number of aromatic amines is 1. The minimum atomic E-state index is -4.80. The molecule has 0 fully saturated rings. The number of nitrogens with one attached hydrogen (secondary N) is 2. The first-order chi connectivity index (χ1) is 11.9. The predicted octanol–water partition coefficient (Wildman–Crippen LogP) is 3.35. The van der Waals surface area contributed by atoms with Crippen molar-refractivity contribution in [1.82, 2.24) is 4.98 Å². The number of fused-ring (bicyclic) bond motifs is 1. The van der Waals surface area contributed by atoms with Gasteiger partial charge in [0, 0.05) is 17.1 Å². The lowest BCUT2D eigenvalue weighted by Crippen LogP contribution is -2.19. The van der Waals surface area contributed by atoms with E-state index >= 15 is 0 Å². The molecule has 0 radical (unpaired) electrons. The molecule has 0 aliphatic rings. The number of carbonyl (C=O) groups is 1. The third-order valence-electron chi connectivity index (χ3n) is 3.73. The Hall–Kier alpha value is -2.74. The Kier molecular flexibility index (Phi) is 4.54. The molecule has 25 heavy (non-hydrogen) atoms. The van der Waals surface area contributed by atoms with Gasteiger partial charge in [0.2, 0.25) is 15.7 Å². The first kappa shape index (κ1) is 17.1. The molecule has 3 rings (SSSR count). The summed E-state index contributed by atoms with van der Waals surface area (Å²) in [5.74, 6) is -4.05. The lowest BCUT2D eigenvalue weighted by molar-refractivity contribution is -0.115. The molecule has 0 aliphatic carbocycles. The van der Waals surface area contributed by atoms with Crippen molar-refractivity contribution in [2.45, 2.75) is 17.1 Å². The van der Waals surface area contributed by atoms with Crippen LogP contribution in [-0.2, 0) is 21.1 Å². The predicted molar refractivity (Wildman–Crippen MR) is 90.3 cm³/mol. The van der Waals surface area contributed by atoms with Gasteiger partial charge in [-0.05, 0) is 23.8 Å². The highest BCUT2D eigenvalue weighted by Crippen LogP contribution is 2.26. The molecule has 0 unspecified atom stereocenters. The van der Waals surface area contributed by atoms with Crippen LogP contribution in [0.1, 0.15) is 5.56 Å². The maximum absolute atomic E-state index is 12.8. The Labute approximate surface area is 142 Å². The number of rotatable bonds is 5. The van der Waals surface area contributed by atoms with Crippen LogP contribution in [0.2, 0.25) is 0 Å². The highest BCUT2D eigenvalue weighted by atomic mass is 32.2. The summed E-state index contributed by atoms with van der Waals surface area (Å²) in [6.07, 6.45) is 1.67. The van der Waals surface area contributed by atoms with Crippen molar-refractivity contribution in [2.75, 3.05) is 5.32 Å². The third kappa shape index (κ3) is 3.39. The van der Waals surface area contributed by atoms with Crippen molar-refractivity contribution in [3.63, 3.8) is 0 Å². The van der Waals surface area contributed by atoms with E-state index in [4.69, 9.17) is 0 Å². The topological polar surface area (TPSA) is 79.0 Å². The summed E-state index contributed by atoms with van der Waals surface area (Å²) in [7, 11) is -4.80. The van der Waals surface area contributed by atoms with Gasteiger partial charge in [-0.3, -0.25) is 4.79 Å². The molecule has 1 aromatic heterocycles. The van der Waals surface area contributed by atoms with Crippen molar-refractivity contribution in [1.29, 1.82) is 0 Å². The van der Waals surface area contributed by atoms with Gasteiger partial charge < -0.3 is 10.3 Å². The molecular weight excluding hydrogens is 350 g/mol. The molecule has 2 aromatic carbocycles. The SMILES string of the molecule is O=C(Cc1c[nH]c2ccccc12)Nc1ccccc1S(=O)(=O)C(F)F. The van der Waals surface area contributed by atoms with Crippen LogP contribution in [0.25, 0.3) is 10.9 Å². The Bertz CT molecular complexity index is 1030. The summed E-state index contributed by atoms with van der Waals surface area (Å²) in [5.41, 5.74) is 1.43. The Balaban J connectivity index is 1.85. The van der Waals surface area contributed by atoms with E-state index in [1.165, 1.54) is 18.2 Å². The monoisotopic (exact) mass is 364 g/mol. The molecular formula is C17H14F2N2O3S. The second kappa shape index (κ2) is 6.64. The zero-order chi connectivity index (χ0) is 18.0. The van der Waals surface area contributed by atoms with Crippen LogP contribution in [-0.4, -0.2) is 25.1 Å². The summed E-state index contributed by atoms with van der Waals surface area (Å²) >= 11 is 0. The van der Waals surface area contributed by atoms with Gasteiger partial charge in [-0.25, -0.2) is 8.42 Å². The van der Waals surface area contributed by atoms with Crippen LogP contribution < -0.4 is 5.32 Å². The van der Waals surface area contributed by atoms with E-state index < -0.39 is 26.4 Å². The number of hydrogen-bond acceptors (Lipinski definition) is 3. The number of hydrogen-bond donors (Lipinski definition) is 2. The lowest BCUT2D eigenvalue weighted by Gasteiger charge is -2.11. The van der Waals surface area contributed by atoms with Gasteiger partial charge in [-0.15, -0.1) is 0 Å². The molecule has 130 valence electrons. The van der Waals surface area contributed by atoms with Crippen LogP contribution in [0.4, 0.5) is 14.5 Å². The normalized spacial score (nSPS) is 11.8. The summed E-state index contributed by atoms with van der Waals surface area (Å²) in [4.78, 5) is 14.7. The van der Waals surface area contributed by atoms with E-state index in [-0.39, 0.29) is 12.1 Å². The lowest BCUT2D eigenvalue weighted by atomic mass is 10.1. The molecule has 1 amide bonds. The second-order valence-corrected chi connectivity index (χ2v) is 7.27. The number of sulfone groups is 1. The second-order valence-electron chi connectivity index (χ2n) is 5.39. The molecule has 0 aliphatic heterocycles. The van der Waals surface area contributed by atoms with E-state index in [1.54, 1.807) is 6.20 Å². The van der Waals surface area contributed by atoms with Gasteiger partial charge in [-0.1, -0.05) is 30.3 Å². The maximum Gasteiger partial charge on any atom is 0.341 e. The zero-order valence-electron chi connectivity index (χ0n) is 12.9. The average molecular weight is 364 g/mol. The number of amides is 1. The zero-order valence-corrected chi connectivity index (χ0v) is 13.7. The van der Waals surface area contributed by atoms with Crippen molar-refractivity contribution in [2.24, 2.45) is 0 Å². The first-order valence-electron chi connectivity index (χ1n) is 7.35. The average Bonchev–Trinajstić information content (AvgIpc) is 2.98. The number of aromatic nitrogens is 1. The summed E-state index contributed by atoms with van der Waals surface area (Å²) in [6.45, 7) is 0. The molecule has 0 saturated carbocycles. The van der Waals surface area contributed by atoms with E-state index in [9.17, 15) is 22.0 Å². The fourth-order valence-corrected chi connectivity index (χ4v) is 3.45. The molecule has 3 aromatic rings. The van der Waals surface area contributed by atoms with E-state index in [2.05, 4.69) is 10.3 Å². The van der Waals surface area contributed by atoms with Gasteiger partial charge in [-0.2, -0.15) is 8.78 Å². The van der Waals surface area contributed by atoms with Crippen LogP contribution in [0.5, 0.6) is 0 Å². The van der Waals surface area contributed by atoms with E-state index in [0.717, 1.165) is 22.5 Å². The van der Waals surface area contributed by atoms with E-state index in [1.807, 2.05) is 24.3 Å². The number of anilines is 1. The van der Waals surface area contributed by atoms with E-state index in [0.29, 0.717) is 0 Å². The Morgan fingerprint density at radius 1 is 1.08 bits per heavy atom. The van der Waals surface area contributed by atoms with Crippen LogP contribution in [0, 0.1) is 0 Å². The van der Waals surface area contributed by atoms with Gasteiger partial charge in [0.1, 0.15) is 0 Å². The molecule has 0 atom stereocenters. The van der Waals surface area contributed by atoms with Crippen molar-refractivity contribution < 1.29 is 22.0 Å². The quantitative estimate of drug-likeness (QED) is 0.729. The van der Waals surface area contributed by atoms with Gasteiger partial charge in [0.25, 0.3) is 0 Å². The summed E-state index contributed by atoms with van der Waals surface area (Å²) < 4.78 is 49.0. The molecule has 0 bridgehead atoms. The highest BCUT2D eigenvalue weighted by molar-refractivity contribution is 7.91. The molecule has 1 heterocycles. The minimum Gasteiger partial charge on any atom is -0.361 e. The fourth-order valence-electron chi connectivity index (χ4n) is 2.56. The number of carbonyl (C=O) groups excluding carboxylic acids is 1. The summed E-state index contributed by atoms with van der Waals surface area (Å²) in [6, 6.07) is 12.5.